The number of nitrogens with one attached hydrogen (secondary N) is 2. The van der Waals surface area contributed by atoms with Crippen LogP contribution in [0, 0.1) is 10.1 Å². The van der Waals surface area contributed by atoms with E-state index in [1.165, 1.54) is 13.4 Å². The molecule has 2 aromatic rings. The number of methoxy groups -OCH3 is 1. The van der Waals surface area contributed by atoms with Gasteiger partial charge in [-0.15, -0.1) is 0 Å². The van der Waals surface area contributed by atoms with Crippen molar-refractivity contribution in [1.29, 1.82) is 0 Å². The fourth-order valence-corrected chi connectivity index (χ4v) is 3.36. The fourth-order valence-electron chi connectivity index (χ4n) is 3.36. The molecule has 1 aromatic carbocycles. The predicted molar refractivity (Wildman–Crippen MR) is 118 cm³/mol. The Hall–Kier alpha value is -4.55. The molecule has 1 unspecified atom stereocenters. The maximum atomic E-state index is 12.8. The Morgan fingerprint density at radius 1 is 1.14 bits per heavy atom. The summed E-state index contributed by atoms with van der Waals surface area (Å²) < 4.78 is 26.2. The second-order valence-electron chi connectivity index (χ2n) is 6.95. The van der Waals surface area contributed by atoms with Gasteiger partial charge in [-0.05, 0) is 26.0 Å². The Labute approximate surface area is 199 Å². The van der Waals surface area contributed by atoms with Gasteiger partial charge in [0, 0.05) is 6.07 Å². The molecular weight excluding hydrogens is 466 g/mol. The maximum Gasteiger partial charge on any atom is 0.345 e. The highest BCUT2D eigenvalue weighted by Crippen LogP contribution is 2.35. The number of carbonyl (C=O) groups excluding carboxylic acids is 3. The van der Waals surface area contributed by atoms with E-state index < -0.39 is 46.8 Å². The molecule has 35 heavy (non-hydrogen) atoms. The van der Waals surface area contributed by atoms with E-state index >= 15 is 0 Å². The molecule has 3 rings (SSSR count). The number of nitrogens with zero attached hydrogens (tertiary/aromatic N) is 1. The third-order valence-electron chi connectivity index (χ3n) is 4.82. The molecule has 0 bridgehead atoms. The molecule has 2 amide bonds. The molecule has 0 spiro atoms. The summed E-state index contributed by atoms with van der Waals surface area (Å²) in [7, 11) is 1.31. The minimum atomic E-state index is -1.09. The Kier molecular flexibility index (Phi) is 7.92. The lowest BCUT2D eigenvalue weighted by Gasteiger charge is -2.27. The fraction of sp³-hybridized carbons (Fsp3) is 0.318. The minimum Gasteiger partial charge on any atom is -0.493 e. The van der Waals surface area contributed by atoms with E-state index in [0.717, 1.165) is 12.1 Å². The molecule has 0 saturated carbocycles. The lowest BCUT2D eigenvalue weighted by atomic mass is 10.0. The summed E-state index contributed by atoms with van der Waals surface area (Å²) in [6, 6.07) is 3.62. The normalized spacial score (nSPS) is 15.1. The second-order valence-corrected chi connectivity index (χ2v) is 6.95. The molecule has 1 atom stereocenters. The van der Waals surface area contributed by atoms with E-state index in [2.05, 4.69) is 10.6 Å². The van der Waals surface area contributed by atoms with Crippen LogP contribution in [-0.2, 0) is 14.3 Å². The van der Waals surface area contributed by atoms with Gasteiger partial charge in [0.25, 0.3) is 5.69 Å². The molecule has 13 nitrogen and oxygen atoms in total. The standard InChI is InChI=1S/C22H23N3O10/c1-4-32-17-10-14(25(29)30)12(9-16(17)31-3)20(26)35-11-13-18(21(27)33-5-2)19(24-22(28)23-13)15-7-6-8-34-15/h6-10,19H,4-5,11H2,1-3H3,(H2,23,24,28). The highest BCUT2D eigenvalue weighted by atomic mass is 16.6. The minimum absolute atomic E-state index is 0.0480. The quantitative estimate of drug-likeness (QED) is 0.287. The zero-order valence-corrected chi connectivity index (χ0v) is 19.1. The van der Waals surface area contributed by atoms with Crippen LogP contribution in [0.3, 0.4) is 0 Å². The van der Waals surface area contributed by atoms with Crippen molar-refractivity contribution in [2.24, 2.45) is 0 Å². The first-order valence-corrected chi connectivity index (χ1v) is 10.5. The Balaban J connectivity index is 1.95. The van der Waals surface area contributed by atoms with Crippen molar-refractivity contribution in [3.05, 3.63) is 63.2 Å². The number of esters is 2. The molecule has 0 fully saturated rings. The maximum absolute atomic E-state index is 12.8. The van der Waals surface area contributed by atoms with E-state index in [0.29, 0.717) is 0 Å². The molecule has 186 valence electrons. The molecule has 13 heteroatoms. The van der Waals surface area contributed by atoms with E-state index in [9.17, 15) is 24.5 Å². The van der Waals surface area contributed by atoms with Gasteiger partial charge < -0.3 is 34.0 Å². The van der Waals surface area contributed by atoms with Crippen molar-refractivity contribution in [3.63, 3.8) is 0 Å². The van der Waals surface area contributed by atoms with Crippen molar-refractivity contribution in [2.75, 3.05) is 26.9 Å². The summed E-state index contributed by atoms with van der Waals surface area (Å²) in [6.45, 7) is 2.96. The summed E-state index contributed by atoms with van der Waals surface area (Å²) in [5, 5.41) is 16.5. The number of hydrogen-bond acceptors (Lipinski definition) is 10. The number of urea groups is 1. The van der Waals surface area contributed by atoms with Gasteiger partial charge >= 0.3 is 18.0 Å². The predicted octanol–water partition coefficient (Wildman–Crippen LogP) is 2.62. The van der Waals surface area contributed by atoms with E-state index in [1.807, 2.05) is 0 Å². The van der Waals surface area contributed by atoms with Crippen molar-refractivity contribution >= 4 is 23.7 Å². The number of hydrogen-bond donors (Lipinski definition) is 2. The number of ether oxygens (including phenoxy) is 4. The molecule has 1 aromatic heterocycles. The van der Waals surface area contributed by atoms with Crippen LogP contribution < -0.4 is 20.1 Å². The summed E-state index contributed by atoms with van der Waals surface area (Å²) in [4.78, 5) is 48.6. The molecular formula is C22H23N3O10. The number of benzene rings is 1. The van der Waals surface area contributed by atoms with Crippen LogP contribution in [0.4, 0.5) is 10.5 Å². The number of nitro groups is 1. The van der Waals surface area contributed by atoms with Crippen LogP contribution in [0.2, 0.25) is 0 Å². The molecule has 2 N–H and O–H groups in total. The van der Waals surface area contributed by atoms with Crippen LogP contribution in [0.5, 0.6) is 11.5 Å². The van der Waals surface area contributed by atoms with Gasteiger partial charge in [0.1, 0.15) is 24.0 Å². The lowest BCUT2D eigenvalue weighted by Crippen LogP contribution is -2.47. The van der Waals surface area contributed by atoms with Crippen molar-refractivity contribution in [2.45, 2.75) is 19.9 Å². The van der Waals surface area contributed by atoms with E-state index in [1.54, 1.807) is 26.0 Å². The van der Waals surface area contributed by atoms with Crippen LogP contribution in [-0.4, -0.2) is 49.8 Å². The van der Waals surface area contributed by atoms with Gasteiger partial charge in [0.05, 0.1) is 48.8 Å². The summed E-state index contributed by atoms with van der Waals surface area (Å²) in [5.41, 5.74) is -1.09. The average molecular weight is 489 g/mol. The smallest absolute Gasteiger partial charge is 0.345 e. The molecule has 1 aliphatic rings. The Morgan fingerprint density at radius 3 is 2.51 bits per heavy atom. The highest BCUT2D eigenvalue weighted by Gasteiger charge is 2.36. The summed E-state index contributed by atoms with van der Waals surface area (Å²) in [5.74, 6) is -1.45. The number of amides is 2. The van der Waals surface area contributed by atoms with E-state index in [-0.39, 0.29) is 41.7 Å². The number of nitro benzene ring substituents is 1. The van der Waals surface area contributed by atoms with Gasteiger partial charge in [-0.2, -0.15) is 0 Å². The Bertz CT molecular complexity index is 1160. The van der Waals surface area contributed by atoms with Crippen LogP contribution in [0.1, 0.15) is 36.0 Å². The summed E-state index contributed by atoms with van der Waals surface area (Å²) >= 11 is 0. The second kappa shape index (κ2) is 11.0. The average Bonchev–Trinajstić information content (AvgIpc) is 3.37. The molecule has 0 aliphatic carbocycles. The molecule has 0 radical (unpaired) electrons. The topological polar surface area (TPSA) is 168 Å². The van der Waals surface area contributed by atoms with Gasteiger partial charge in [0.2, 0.25) is 0 Å². The molecule has 1 aliphatic heterocycles. The lowest BCUT2D eigenvalue weighted by molar-refractivity contribution is -0.385. The van der Waals surface area contributed by atoms with Gasteiger partial charge in [0.15, 0.2) is 11.5 Å². The van der Waals surface area contributed by atoms with E-state index in [4.69, 9.17) is 23.4 Å². The van der Waals surface area contributed by atoms with Crippen molar-refractivity contribution in [3.8, 4) is 11.5 Å². The zero-order valence-electron chi connectivity index (χ0n) is 19.1. The highest BCUT2D eigenvalue weighted by molar-refractivity contribution is 5.96. The third kappa shape index (κ3) is 5.51. The van der Waals surface area contributed by atoms with Gasteiger partial charge in [-0.1, -0.05) is 0 Å². The first-order valence-electron chi connectivity index (χ1n) is 10.5. The van der Waals surface area contributed by atoms with Gasteiger partial charge in [-0.3, -0.25) is 10.1 Å². The van der Waals surface area contributed by atoms with Crippen LogP contribution in [0.25, 0.3) is 0 Å². The number of furan rings is 1. The number of carbonyl (C=O) groups is 3. The van der Waals surface area contributed by atoms with Crippen LogP contribution in [0.15, 0.2) is 46.2 Å². The summed E-state index contributed by atoms with van der Waals surface area (Å²) in [6.07, 6.45) is 1.37. The Morgan fingerprint density at radius 2 is 1.91 bits per heavy atom. The van der Waals surface area contributed by atoms with Crippen molar-refractivity contribution in [1.82, 2.24) is 10.6 Å². The number of rotatable bonds is 10. The molecule has 2 heterocycles. The van der Waals surface area contributed by atoms with Gasteiger partial charge in [-0.25, -0.2) is 14.4 Å². The van der Waals surface area contributed by atoms with Crippen molar-refractivity contribution < 1.29 is 42.7 Å². The monoisotopic (exact) mass is 489 g/mol. The molecule has 0 saturated heterocycles. The van der Waals surface area contributed by atoms with Crippen LogP contribution >= 0.6 is 0 Å². The SMILES string of the molecule is CCOC(=O)C1=C(COC(=O)c2cc(OC)c(OCC)cc2[N+](=O)[O-])NC(=O)NC1c1ccco1. The third-order valence-corrected chi connectivity index (χ3v) is 4.82. The first kappa shape index (κ1) is 25.1. The first-order chi connectivity index (χ1) is 16.8. The largest absolute Gasteiger partial charge is 0.493 e. The zero-order chi connectivity index (χ0) is 25.5.